The van der Waals surface area contributed by atoms with Crippen molar-refractivity contribution in [2.75, 3.05) is 20.2 Å². The van der Waals surface area contributed by atoms with Crippen LogP contribution in [0.25, 0.3) is 10.4 Å². The van der Waals surface area contributed by atoms with Gasteiger partial charge in [0.25, 0.3) is 0 Å². The summed E-state index contributed by atoms with van der Waals surface area (Å²) < 4.78 is 4.86. The monoisotopic (exact) mass is 226 g/mol. The molecule has 2 unspecified atom stereocenters. The number of rotatable bonds is 5. The molecule has 0 heterocycles. The molecule has 0 radical (unpaired) electrons. The Balaban J connectivity index is 2.64. The second-order valence-corrected chi connectivity index (χ2v) is 4.14. The van der Waals surface area contributed by atoms with Crippen LogP contribution in [0, 0.1) is 5.92 Å². The number of esters is 1. The van der Waals surface area contributed by atoms with E-state index in [9.17, 15) is 4.79 Å². The molecule has 16 heavy (non-hydrogen) atoms. The van der Waals surface area contributed by atoms with E-state index < -0.39 is 5.54 Å². The van der Waals surface area contributed by atoms with Crippen molar-refractivity contribution in [3.8, 4) is 0 Å². The topological polar surface area (TPSA) is 87.1 Å². The van der Waals surface area contributed by atoms with Crippen molar-refractivity contribution < 1.29 is 9.53 Å². The lowest BCUT2D eigenvalue weighted by Gasteiger charge is -2.31. The maximum Gasteiger partial charge on any atom is 0.326 e. The summed E-state index contributed by atoms with van der Waals surface area (Å²) in [5, 5.41) is 6.63. The Hall–Kier alpha value is -1.26. The number of azide groups is 1. The minimum atomic E-state index is -0.584. The van der Waals surface area contributed by atoms with Crippen LogP contribution in [-0.4, -0.2) is 31.7 Å². The van der Waals surface area contributed by atoms with Crippen molar-refractivity contribution in [1.82, 2.24) is 5.32 Å². The third-order valence-corrected chi connectivity index (χ3v) is 3.31. The van der Waals surface area contributed by atoms with Gasteiger partial charge in [-0.05, 0) is 24.3 Å². The molecule has 2 atom stereocenters. The van der Waals surface area contributed by atoms with Crippen LogP contribution in [-0.2, 0) is 9.53 Å². The number of carbonyl (C=O) groups excluding carboxylic acids is 1. The second kappa shape index (κ2) is 5.72. The van der Waals surface area contributed by atoms with Crippen LogP contribution >= 0.6 is 0 Å². The summed E-state index contributed by atoms with van der Waals surface area (Å²) in [4.78, 5) is 14.5. The smallest absolute Gasteiger partial charge is 0.326 e. The third-order valence-electron chi connectivity index (χ3n) is 3.31. The Morgan fingerprint density at radius 3 is 3.00 bits per heavy atom. The van der Waals surface area contributed by atoms with Crippen LogP contribution in [0.5, 0.6) is 0 Å². The third kappa shape index (κ3) is 2.46. The lowest BCUT2D eigenvalue weighted by atomic mass is 9.88. The minimum absolute atomic E-state index is 0.210. The number of hydrogen-bond acceptors (Lipinski definition) is 4. The van der Waals surface area contributed by atoms with Crippen molar-refractivity contribution in [2.24, 2.45) is 11.0 Å². The Morgan fingerprint density at radius 2 is 2.50 bits per heavy atom. The fraction of sp³-hybridized carbons (Fsp3) is 0.900. The van der Waals surface area contributed by atoms with Gasteiger partial charge in [0, 0.05) is 18.0 Å². The fourth-order valence-electron chi connectivity index (χ4n) is 2.37. The summed E-state index contributed by atoms with van der Waals surface area (Å²) in [6.07, 6.45) is 2.82. The summed E-state index contributed by atoms with van der Waals surface area (Å²) in [5.41, 5.74) is 7.59. The maximum atomic E-state index is 11.8. The zero-order valence-electron chi connectivity index (χ0n) is 9.77. The maximum absolute atomic E-state index is 11.8. The van der Waals surface area contributed by atoms with Crippen LogP contribution in [0.2, 0.25) is 0 Å². The number of hydrogen-bond donors (Lipinski definition) is 1. The summed E-state index contributed by atoms with van der Waals surface area (Å²) >= 11 is 0. The molecule has 0 spiro atoms. The predicted molar refractivity (Wildman–Crippen MR) is 59.8 cm³/mol. The summed E-state index contributed by atoms with van der Waals surface area (Å²) in [7, 11) is 1.41. The highest BCUT2D eigenvalue weighted by molar-refractivity contribution is 5.81. The first-order valence-corrected chi connectivity index (χ1v) is 5.51. The molecule has 0 aromatic carbocycles. The number of ether oxygens (including phenoxy) is 1. The van der Waals surface area contributed by atoms with Crippen LogP contribution < -0.4 is 5.32 Å². The Morgan fingerprint density at radius 1 is 1.75 bits per heavy atom. The van der Waals surface area contributed by atoms with Gasteiger partial charge in [-0.3, -0.25) is 4.79 Å². The average Bonchev–Trinajstić information content (AvgIpc) is 2.66. The van der Waals surface area contributed by atoms with Gasteiger partial charge < -0.3 is 10.1 Å². The van der Waals surface area contributed by atoms with Crippen LogP contribution in [0.4, 0.5) is 0 Å². The molecule has 1 fully saturated rings. The normalized spacial score (nSPS) is 28.5. The molecule has 0 aromatic rings. The molecular weight excluding hydrogens is 208 g/mol. The summed E-state index contributed by atoms with van der Waals surface area (Å²) in [6, 6.07) is 0. The SMILES string of the molecule is COC(=O)C1(NCCN=[N+]=[N-])CCCC1C. The van der Waals surface area contributed by atoms with E-state index in [0.717, 1.165) is 19.3 Å². The highest BCUT2D eigenvalue weighted by atomic mass is 16.5. The Kier molecular flexibility index (Phi) is 4.58. The Labute approximate surface area is 95.0 Å². The zero-order chi connectivity index (χ0) is 12.0. The number of carbonyl (C=O) groups is 1. The van der Waals surface area contributed by atoms with E-state index in [1.807, 2.05) is 6.92 Å². The average molecular weight is 226 g/mol. The molecule has 0 bridgehead atoms. The number of nitrogens with one attached hydrogen (secondary N) is 1. The fourth-order valence-corrected chi connectivity index (χ4v) is 2.37. The van der Waals surface area contributed by atoms with Gasteiger partial charge in [-0.2, -0.15) is 0 Å². The van der Waals surface area contributed by atoms with Crippen LogP contribution in [0.15, 0.2) is 5.11 Å². The quantitative estimate of drug-likeness (QED) is 0.254. The van der Waals surface area contributed by atoms with Crippen molar-refractivity contribution in [3.63, 3.8) is 0 Å². The Bertz CT molecular complexity index is 301. The van der Waals surface area contributed by atoms with E-state index in [1.54, 1.807) is 0 Å². The molecule has 1 rings (SSSR count). The lowest BCUT2D eigenvalue weighted by molar-refractivity contribution is -0.150. The molecule has 1 aliphatic rings. The lowest BCUT2D eigenvalue weighted by Crippen LogP contribution is -2.55. The standard InChI is InChI=1S/C10H18N4O2/c1-8-4-3-5-10(8,9(15)16-2)12-6-7-13-14-11/h8,12H,3-7H2,1-2H3. The number of nitrogens with zero attached hydrogens (tertiary/aromatic N) is 3. The first kappa shape index (κ1) is 12.8. The summed E-state index contributed by atoms with van der Waals surface area (Å²) in [5.74, 6) is 0.0458. The second-order valence-electron chi connectivity index (χ2n) is 4.14. The summed E-state index contributed by atoms with van der Waals surface area (Å²) in [6.45, 7) is 2.90. The van der Waals surface area contributed by atoms with Crippen molar-refractivity contribution in [3.05, 3.63) is 10.4 Å². The highest BCUT2D eigenvalue weighted by Crippen LogP contribution is 2.36. The molecule has 0 saturated heterocycles. The van der Waals surface area contributed by atoms with Gasteiger partial charge in [0.1, 0.15) is 5.54 Å². The molecule has 0 aromatic heterocycles. The van der Waals surface area contributed by atoms with Gasteiger partial charge in [0.05, 0.1) is 7.11 Å². The molecule has 1 aliphatic carbocycles. The molecule has 0 aliphatic heterocycles. The first-order valence-electron chi connectivity index (χ1n) is 5.51. The predicted octanol–water partition coefficient (Wildman–Crippen LogP) is 1.62. The molecule has 0 amide bonds. The molecule has 6 nitrogen and oxygen atoms in total. The molecule has 6 heteroatoms. The highest BCUT2D eigenvalue weighted by Gasteiger charge is 2.47. The minimum Gasteiger partial charge on any atom is -0.468 e. The first-order chi connectivity index (χ1) is 7.67. The van der Waals surface area contributed by atoms with E-state index in [1.165, 1.54) is 7.11 Å². The molecular formula is C10H18N4O2. The largest absolute Gasteiger partial charge is 0.468 e. The zero-order valence-corrected chi connectivity index (χ0v) is 9.77. The molecule has 1 N–H and O–H groups in total. The van der Waals surface area contributed by atoms with Crippen LogP contribution in [0.1, 0.15) is 26.2 Å². The van der Waals surface area contributed by atoms with E-state index in [0.29, 0.717) is 13.1 Å². The van der Waals surface area contributed by atoms with Gasteiger partial charge in [0.2, 0.25) is 0 Å². The van der Waals surface area contributed by atoms with Gasteiger partial charge in [-0.1, -0.05) is 18.5 Å². The van der Waals surface area contributed by atoms with Gasteiger partial charge >= 0.3 is 5.97 Å². The molecule has 1 saturated carbocycles. The van der Waals surface area contributed by atoms with Crippen molar-refractivity contribution in [1.29, 1.82) is 0 Å². The van der Waals surface area contributed by atoms with E-state index >= 15 is 0 Å². The van der Waals surface area contributed by atoms with Gasteiger partial charge in [-0.15, -0.1) is 0 Å². The van der Waals surface area contributed by atoms with Gasteiger partial charge in [-0.25, -0.2) is 0 Å². The van der Waals surface area contributed by atoms with E-state index in [-0.39, 0.29) is 11.9 Å². The van der Waals surface area contributed by atoms with Crippen molar-refractivity contribution in [2.45, 2.75) is 31.7 Å². The molecule has 90 valence electrons. The van der Waals surface area contributed by atoms with Gasteiger partial charge in [0.15, 0.2) is 0 Å². The van der Waals surface area contributed by atoms with E-state index in [2.05, 4.69) is 15.3 Å². The van der Waals surface area contributed by atoms with Crippen LogP contribution in [0.3, 0.4) is 0 Å². The van der Waals surface area contributed by atoms with E-state index in [4.69, 9.17) is 10.3 Å². The van der Waals surface area contributed by atoms with Crippen molar-refractivity contribution >= 4 is 5.97 Å². The number of methoxy groups -OCH3 is 1.